The van der Waals surface area contributed by atoms with Crippen molar-refractivity contribution in [2.24, 2.45) is 0 Å². The minimum Gasteiger partial charge on any atom is -0.377 e. The van der Waals surface area contributed by atoms with Crippen LogP contribution in [0.25, 0.3) is 0 Å². The molecule has 0 aliphatic carbocycles. The number of carbonyl (C=O) groups excluding carboxylic acids is 1. The molecule has 0 N–H and O–H groups in total. The molecule has 2 heterocycles. The summed E-state index contributed by atoms with van der Waals surface area (Å²) < 4.78 is 5.63. The summed E-state index contributed by atoms with van der Waals surface area (Å²) in [7, 11) is 0. The first-order chi connectivity index (χ1) is 7.79. The summed E-state index contributed by atoms with van der Waals surface area (Å²) >= 11 is 0. The van der Waals surface area contributed by atoms with Crippen molar-refractivity contribution < 1.29 is 9.53 Å². The molecule has 0 aromatic rings. The smallest absolute Gasteiger partial charge is 0.222 e. The van der Waals surface area contributed by atoms with E-state index < -0.39 is 0 Å². The van der Waals surface area contributed by atoms with Crippen LogP contribution >= 0.6 is 0 Å². The first kappa shape index (κ1) is 11.9. The second-order valence-corrected chi connectivity index (χ2v) is 4.67. The summed E-state index contributed by atoms with van der Waals surface area (Å²) in [6.07, 6.45) is 3.48. The monoisotopic (exact) mass is 226 g/mol. The second kappa shape index (κ2) is 5.64. The van der Waals surface area contributed by atoms with Crippen LogP contribution in [0.1, 0.15) is 26.2 Å². The van der Waals surface area contributed by atoms with Crippen LogP contribution in [0.4, 0.5) is 0 Å². The number of hydrogen-bond donors (Lipinski definition) is 0. The van der Waals surface area contributed by atoms with Gasteiger partial charge in [0.2, 0.25) is 5.91 Å². The molecular weight excluding hydrogens is 204 g/mol. The van der Waals surface area contributed by atoms with Gasteiger partial charge < -0.3 is 9.64 Å². The van der Waals surface area contributed by atoms with Gasteiger partial charge in [0, 0.05) is 45.8 Å². The average Bonchev–Trinajstić information content (AvgIpc) is 2.82. The molecule has 1 amide bonds. The fourth-order valence-electron chi connectivity index (χ4n) is 2.48. The van der Waals surface area contributed by atoms with Gasteiger partial charge >= 0.3 is 0 Å². The van der Waals surface area contributed by atoms with E-state index >= 15 is 0 Å². The van der Waals surface area contributed by atoms with Crippen molar-refractivity contribution in [3.63, 3.8) is 0 Å². The lowest BCUT2D eigenvalue weighted by Gasteiger charge is -2.35. The highest BCUT2D eigenvalue weighted by Crippen LogP contribution is 2.14. The van der Waals surface area contributed by atoms with E-state index in [0.29, 0.717) is 12.5 Å². The molecule has 4 heteroatoms. The minimum atomic E-state index is 0.289. The second-order valence-electron chi connectivity index (χ2n) is 4.67. The van der Waals surface area contributed by atoms with Gasteiger partial charge in [-0.15, -0.1) is 0 Å². The molecule has 2 rings (SSSR count). The van der Waals surface area contributed by atoms with Gasteiger partial charge in [0.1, 0.15) is 0 Å². The highest BCUT2D eigenvalue weighted by molar-refractivity contribution is 5.75. The van der Waals surface area contributed by atoms with Gasteiger partial charge in [0.25, 0.3) is 0 Å². The maximum Gasteiger partial charge on any atom is 0.222 e. The Morgan fingerprint density at radius 2 is 2.06 bits per heavy atom. The van der Waals surface area contributed by atoms with Crippen molar-refractivity contribution in [1.29, 1.82) is 0 Å². The summed E-state index contributed by atoms with van der Waals surface area (Å²) in [4.78, 5) is 15.9. The van der Waals surface area contributed by atoms with E-state index in [9.17, 15) is 4.79 Å². The molecule has 92 valence electrons. The van der Waals surface area contributed by atoms with Crippen LogP contribution in [0.15, 0.2) is 0 Å². The average molecular weight is 226 g/mol. The summed E-state index contributed by atoms with van der Waals surface area (Å²) in [5.41, 5.74) is 0. The predicted octanol–water partition coefficient (Wildman–Crippen LogP) is 0.720. The van der Waals surface area contributed by atoms with E-state index in [-0.39, 0.29) is 5.91 Å². The summed E-state index contributed by atoms with van der Waals surface area (Å²) in [6.45, 7) is 7.70. The maximum atomic E-state index is 11.5. The molecule has 2 aliphatic rings. The van der Waals surface area contributed by atoms with Gasteiger partial charge in [-0.25, -0.2) is 0 Å². The number of ether oxygens (including phenoxy) is 1. The van der Waals surface area contributed by atoms with E-state index in [1.807, 2.05) is 11.8 Å². The van der Waals surface area contributed by atoms with Gasteiger partial charge in [-0.05, 0) is 12.8 Å². The van der Waals surface area contributed by atoms with Gasteiger partial charge in [0.15, 0.2) is 0 Å². The molecule has 2 aliphatic heterocycles. The summed E-state index contributed by atoms with van der Waals surface area (Å²) in [6, 6.07) is 0. The van der Waals surface area contributed by atoms with Crippen molar-refractivity contribution in [2.75, 3.05) is 39.3 Å². The van der Waals surface area contributed by atoms with Crippen molar-refractivity contribution in [3.8, 4) is 0 Å². The molecule has 1 unspecified atom stereocenters. The van der Waals surface area contributed by atoms with Crippen molar-refractivity contribution in [3.05, 3.63) is 0 Å². The van der Waals surface area contributed by atoms with Crippen LogP contribution < -0.4 is 0 Å². The SMILES string of the molecule is CCC(=O)N1CCN(CC2CCCO2)CC1. The van der Waals surface area contributed by atoms with Crippen molar-refractivity contribution in [2.45, 2.75) is 32.3 Å². The van der Waals surface area contributed by atoms with Gasteiger partial charge in [-0.2, -0.15) is 0 Å². The van der Waals surface area contributed by atoms with Crippen molar-refractivity contribution in [1.82, 2.24) is 9.80 Å². The number of rotatable bonds is 3. The van der Waals surface area contributed by atoms with Gasteiger partial charge in [0.05, 0.1) is 6.10 Å². The van der Waals surface area contributed by atoms with Crippen LogP contribution in [0.2, 0.25) is 0 Å². The lowest BCUT2D eigenvalue weighted by atomic mass is 10.2. The van der Waals surface area contributed by atoms with E-state index in [2.05, 4.69) is 4.90 Å². The number of nitrogens with zero attached hydrogens (tertiary/aromatic N) is 2. The van der Waals surface area contributed by atoms with Crippen LogP contribution in [-0.4, -0.2) is 61.1 Å². The number of amides is 1. The molecule has 1 atom stereocenters. The first-order valence-corrected chi connectivity index (χ1v) is 6.41. The first-order valence-electron chi connectivity index (χ1n) is 6.41. The van der Waals surface area contributed by atoms with Crippen LogP contribution in [0.3, 0.4) is 0 Å². The number of hydrogen-bond acceptors (Lipinski definition) is 3. The van der Waals surface area contributed by atoms with Crippen LogP contribution in [-0.2, 0) is 9.53 Å². The third-order valence-corrected chi connectivity index (χ3v) is 3.51. The summed E-state index contributed by atoms with van der Waals surface area (Å²) in [5.74, 6) is 0.289. The molecule has 0 radical (unpaired) electrons. The number of carbonyl (C=O) groups is 1. The van der Waals surface area contributed by atoms with Crippen LogP contribution in [0, 0.1) is 0 Å². The highest BCUT2D eigenvalue weighted by atomic mass is 16.5. The Hall–Kier alpha value is -0.610. The zero-order chi connectivity index (χ0) is 11.4. The van der Waals surface area contributed by atoms with Gasteiger partial charge in [-0.3, -0.25) is 9.69 Å². The Bertz CT molecular complexity index is 231. The normalized spacial score (nSPS) is 27.3. The van der Waals surface area contributed by atoms with Gasteiger partial charge in [-0.1, -0.05) is 6.92 Å². The zero-order valence-electron chi connectivity index (χ0n) is 10.2. The Morgan fingerprint density at radius 1 is 1.31 bits per heavy atom. The van der Waals surface area contributed by atoms with Crippen molar-refractivity contribution >= 4 is 5.91 Å². The highest BCUT2D eigenvalue weighted by Gasteiger charge is 2.23. The molecule has 0 aromatic carbocycles. The molecule has 4 nitrogen and oxygen atoms in total. The molecule has 0 bridgehead atoms. The third-order valence-electron chi connectivity index (χ3n) is 3.51. The molecule has 0 spiro atoms. The van der Waals surface area contributed by atoms with E-state index in [1.54, 1.807) is 0 Å². The summed E-state index contributed by atoms with van der Waals surface area (Å²) in [5, 5.41) is 0. The zero-order valence-corrected chi connectivity index (χ0v) is 10.2. The van der Waals surface area contributed by atoms with E-state index in [4.69, 9.17) is 4.74 Å². The Balaban J connectivity index is 1.70. The quantitative estimate of drug-likeness (QED) is 0.711. The van der Waals surface area contributed by atoms with E-state index in [1.165, 1.54) is 12.8 Å². The topological polar surface area (TPSA) is 32.8 Å². The molecule has 16 heavy (non-hydrogen) atoms. The molecule has 0 aromatic heterocycles. The molecule has 0 saturated carbocycles. The predicted molar refractivity (Wildman–Crippen MR) is 62.3 cm³/mol. The Morgan fingerprint density at radius 3 is 2.62 bits per heavy atom. The lowest BCUT2D eigenvalue weighted by Crippen LogP contribution is -2.50. The molecule has 2 fully saturated rings. The molecular formula is C12H22N2O2. The van der Waals surface area contributed by atoms with Crippen LogP contribution in [0.5, 0.6) is 0 Å². The Kier molecular flexibility index (Phi) is 4.18. The Labute approximate surface area is 97.5 Å². The lowest BCUT2D eigenvalue weighted by molar-refractivity contribution is -0.132. The largest absolute Gasteiger partial charge is 0.377 e. The third kappa shape index (κ3) is 2.95. The van der Waals surface area contributed by atoms with E-state index in [0.717, 1.165) is 39.3 Å². The molecule has 2 saturated heterocycles. The standard InChI is InChI=1S/C12H22N2O2/c1-2-12(15)14-7-5-13(6-8-14)10-11-4-3-9-16-11/h11H,2-10H2,1H3. The fraction of sp³-hybridized carbons (Fsp3) is 0.917. The number of piperazine rings is 1. The maximum absolute atomic E-state index is 11.5. The fourth-order valence-corrected chi connectivity index (χ4v) is 2.48. The minimum absolute atomic E-state index is 0.289.